The molecule has 3 rings (SSSR count). The van der Waals surface area contributed by atoms with Gasteiger partial charge in [0.15, 0.2) is 11.5 Å². The van der Waals surface area contributed by atoms with Gasteiger partial charge in [-0.3, -0.25) is 0 Å². The van der Waals surface area contributed by atoms with E-state index in [9.17, 15) is 27.0 Å². The van der Waals surface area contributed by atoms with E-state index in [-0.39, 0.29) is 20.1 Å². The molecule has 0 bridgehead atoms. The second-order valence-corrected chi connectivity index (χ2v) is 12.3. The number of hydrogen-bond donors (Lipinski definition) is 4. The fraction of sp³-hybridized carbons (Fsp3) is 0.333. The largest absolute Gasteiger partial charge is 0.505 e. The predicted molar refractivity (Wildman–Crippen MR) is 123 cm³/mol. The number of phenolic OH excluding ortho intramolecular Hbond substituents is 2. The Kier molecular flexibility index (Phi) is 7.78. The van der Waals surface area contributed by atoms with Gasteiger partial charge in [0.1, 0.15) is 9.79 Å². The molecule has 0 aliphatic heterocycles. The summed E-state index contributed by atoms with van der Waals surface area (Å²) in [4.78, 5) is -1.05. The van der Waals surface area contributed by atoms with Crippen LogP contribution in [-0.4, -0.2) is 39.1 Å². The highest BCUT2D eigenvalue weighted by Gasteiger charge is 2.35. The van der Waals surface area contributed by atoms with E-state index in [4.69, 9.17) is 46.4 Å². The quantitative estimate of drug-likeness (QED) is 0.414. The molecule has 0 spiro atoms. The summed E-state index contributed by atoms with van der Waals surface area (Å²) in [5.41, 5.74) is 0. The van der Waals surface area contributed by atoms with Gasteiger partial charge in [0.2, 0.25) is 20.0 Å². The number of sulfonamides is 2. The van der Waals surface area contributed by atoms with E-state index in [2.05, 4.69) is 9.44 Å². The van der Waals surface area contributed by atoms with E-state index < -0.39 is 53.4 Å². The number of phenols is 2. The van der Waals surface area contributed by atoms with E-state index >= 15 is 0 Å². The van der Waals surface area contributed by atoms with Crippen molar-refractivity contribution in [3.8, 4) is 11.5 Å². The van der Waals surface area contributed by atoms with Crippen LogP contribution in [0.5, 0.6) is 11.5 Å². The number of aromatic hydroxyl groups is 2. The second kappa shape index (κ2) is 9.71. The van der Waals surface area contributed by atoms with Gasteiger partial charge < -0.3 is 10.2 Å². The van der Waals surface area contributed by atoms with Crippen LogP contribution in [0.2, 0.25) is 20.1 Å². The lowest BCUT2D eigenvalue weighted by Crippen LogP contribution is -2.53. The number of nitrogens with one attached hydrogen (secondary N) is 2. The Morgan fingerprint density at radius 2 is 1.03 bits per heavy atom. The van der Waals surface area contributed by atoms with Crippen molar-refractivity contribution >= 4 is 66.5 Å². The van der Waals surface area contributed by atoms with Crippen molar-refractivity contribution < 1.29 is 27.0 Å². The molecule has 32 heavy (non-hydrogen) atoms. The maximum atomic E-state index is 12.9. The average molecular weight is 564 g/mol. The van der Waals surface area contributed by atoms with Crippen LogP contribution in [0, 0.1) is 0 Å². The van der Waals surface area contributed by atoms with Crippen molar-refractivity contribution in [2.45, 2.75) is 47.6 Å². The van der Waals surface area contributed by atoms with Crippen LogP contribution in [0.3, 0.4) is 0 Å². The van der Waals surface area contributed by atoms with Crippen molar-refractivity contribution in [2.24, 2.45) is 0 Å². The van der Waals surface area contributed by atoms with Gasteiger partial charge in [-0.2, -0.15) is 0 Å². The highest BCUT2D eigenvalue weighted by atomic mass is 35.5. The fourth-order valence-corrected chi connectivity index (χ4v) is 7.57. The minimum atomic E-state index is -4.31. The lowest BCUT2D eigenvalue weighted by atomic mass is 9.92. The van der Waals surface area contributed by atoms with Crippen molar-refractivity contribution in [2.75, 3.05) is 0 Å². The van der Waals surface area contributed by atoms with Crippen LogP contribution < -0.4 is 9.44 Å². The van der Waals surface area contributed by atoms with E-state index in [1.807, 2.05) is 0 Å². The molecule has 14 heteroatoms. The molecule has 0 unspecified atom stereocenters. The molecule has 1 fully saturated rings. The van der Waals surface area contributed by atoms with Crippen LogP contribution in [0.25, 0.3) is 0 Å². The summed E-state index contributed by atoms with van der Waals surface area (Å²) in [5, 5.41) is 19.7. The molecule has 4 N–H and O–H groups in total. The number of hydrogen-bond acceptors (Lipinski definition) is 6. The Balaban J connectivity index is 1.90. The van der Waals surface area contributed by atoms with Crippen LogP contribution in [-0.2, 0) is 20.0 Å². The Morgan fingerprint density at radius 3 is 1.38 bits per heavy atom. The Labute approximate surface area is 205 Å². The summed E-state index contributed by atoms with van der Waals surface area (Å²) in [6, 6.07) is 2.77. The summed E-state index contributed by atoms with van der Waals surface area (Å²) in [5.74, 6) is -1.34. The summed E-state index contributed by atoms with van der Waals surface area (Å²) < 4.78 is 56.5. The standard InChI is InChI=1S/C18H18Cl4N2O6S2/c19-9-5-11(21)17(25)15(7-9)31(27,28)23-13-3-1-2-4-14(13)24-32(29,30)16-8-10(20)6-12(22)18(16)26/h5-8,13-14,23-26H,1-4H2/t13-,14-/m1/s1. The normalized spacial score (nSPS) is 19.8. The van der Waals surface area contributed by atoms with Gasteiger partial charge in [0.25, 0.3) is 0 Å². The molecule has 0 saturated heterocycles. The number of halogens is 4. The van der Waals surface area contributed by atoms with Crippen molar-refractivity contribution in [3.05, 3.63) is 44.4 Å². The molecule has 1 saturated carbocycles. The predicted octanol–water partition coefficient (Wildman–Crippen LogP) is 4.28. The van der Waals surface area contributed by atoms with Crippen LogP contribution in [0.1, 0.15) is 25.7 Å². The molecule has 0 aromatic heterocycles. The molecular weight excluding hydrogens is 546 g/mol. The molecule has 0 radical (unpaired) electrons. The summed E-state index contributed by atoms with van der Waals surface area (Å²) in [6.07, 6.45) is 1.93. The van der Waals surface area contributed by atoms with E-state index in [0.29, 0.717) is 25.7 Å². The lowest BCUT2D eigenvalue weighted by Gasteiger charge is -2.32. The summed E-state index contributed by atoms with van der Waals surface area (Å²) >= 11 is 23.4. The van der Waals surface area contributed by atoms with Crippen LogP contribution in [0.4, 0.5) is 0 Å². The third-order valence-electron chi connectivity index (χ3n) is 4.94. The van der Waals surface area contributed by atoms with E-state index in [1.54, 1.807) is 0 Å². The Bertz CT molecular complexity index is 1160. The number of benzene rings is 2. The molecule has 1 aliphatic carbocycles. The molecule has 2 aromatic rings. The molecule has 8 nitrogen and oxygen atoms in total. The van der Waals surface area contributed by atoms with Crippen LogP contribution >= 0.6 is 46.4 Å². The smallest absolute Gasteiger partial charge is 0.244 e. The minimum Gasteiger partial charge on any atom is -0.505 e. The third kappa shape index (κ3) is 5.56. The zero-order valence-electron chi connectivity index (χ0n) is 16.1. The topological polar surface area (TPSA) is 133 Å². The second-order valence-electron chi connectivity index (χ2n) is 7.21. The fourth-order valence-electron chi connectivity index (χ4n) is 3.43. The Hall–Kier alpha value is -0.980. The van der Waals surface area contributed by atoms with Crippen LogP contribution in [0.15, 0.2) is 34.1 Å². The van der Waals surface area contributed by atoms with Gasteiger partial charge in [-0.1, -0.05) is 59.2 Å². The summed E-state index contributed by atoms with van der Waals surface area (Å²) in [7, 11) is -8.61. The highest BCUT2D eigenvalue weighted by molar-refractivity contribution is 7.90. The maximum absolute atomic E-state index is 12.9. The molecule has 2 atom stereocenters. The first-order chi connectivity index (χ1) is 14.8. The monoisotopic (exact) mass is 562 g/mol. The zero-order valence-corrected chi connectivity index (χ0v) is 20.8. The first-order valence-corrected chi connectivity index (χ1v) is 13.7. The van der Waals surface area contributed by atoms with Gasteiger partial charge in [-0.25, -0.2) is 26.3 Å². The van der Waals surface area contributed by atoms with Crippen molar-refractivity contribution in [3.63, 3.8) is 0 Å². The Morgan fingerprint density at radius 1 is 0.688 bits per heavy atom. The van der Waals surface area contributed by atoms with E-state index in [1.165, 1.54) is 12.1 Å². The van der Waals surface area contributed by atoms with Gasteiger partial charge in [0, 0.05) is 22.1 Å². The molecule has 0 heterocycles. The van der Waals surface area contributed by atoms with Crippen molar-refractivity contribution in [1.29, 1.82) is 0 Å². The van der Waals surface area contributed by atoms with Gasteiger partial charge in [0.05, 0.1) is 10.0 Å². The molecule has 176 valence electrons. The maximum Gasteiger partial charge on any atom is 0.244 e. The number of rotatable bonds is 6. The van der Waals surface area contributed by atoms with Gasteiger partial charge >= 0.3 is 0 Å². The average Bonchev–Trinajstić information content (AvgIpc) is 2.68. The molecule has 0 amide bonds. The molecule has 1 aliphatic rings. The first kappa shape index (κ1) is 25.6. The third-order valence-corrected chi connectivity index (χ3v) is 8.96. The zero-order chi connectivity index (χ0) is 23.8. The summed E-state index contributed by atoms with van der Waals surface area (Å²) in [6.45, 7) is 0. The van der Waals surface area contributed by atoms with E-state index in [0.717, 1.165) is 12.1 Å². The van der Waals surface area contributed by atoms with Gasteiger partial charge in [-0.05, 0) is 37.1 Å². The highest BCUT2D eigenvalue weighted by Crippen LogP contribution is 2.36. The SMILES string of the molecule is O=S(=O)(N[C@@H]1CCCC[C@H]1NS(=O)(=O)c1cc(Cl)cc(Cl)c1O)c1cc(Cl)cc(Cl)c1O. The minimum absolute atomic E-state index is 0.00221. The van der Waals surface area contributed by atoms with Gasteiger partial charge in [-0.15, -0.1) is 0 Å². The van der Waals surface area contributed by atoms with Crippen molar-refractivity contribution in [1.82, 2.24) is 9.44 Å². The lowest BCUT2D eigenvalue weighted by molar-refractivity contribution is 0.339. The first-order valence-electron chi connectivity index (χ1n) is 9.22. The molecule has 2 aromatic carbocycles. The molecular formula is C18H18Cl4N2O6S2.